The van der Waals surface area contributed by atoms with Crippen molar-refractivity contribution in [3.8, 4) is 11.5 Å². The Labute approximate surface area is 136 Å². The second-order valence-electron chi connectivity index (χ2n) is 4.76. The maximum atomic E-state index is 11.9. The van der Waals surface area contributed by atoms with E-state index in [0.717, 1.165) is 0 Å². The first kappa shape index (κ1) is 15.1. The number of esters is 1. The number of benzene rings is 2. The Balaban J connectivity index is 1.73. The molecule has 5 nitrogen and oxygen atoms in total. The number of fused-ring (bicyclic) bond motifs is 1. The zero-order valence-electron chi connectivity index (χ0n) is 11.9. The topological polar surface area (TPSA) is 68.4 Å². The molecule has 2 aromatic carbocycles. The van der Waals surface area contributed by atoms with Gasteiger partial charge in [-0.05, 0) is 36.4 Å². The van der Waals surface area contributed by atoms with E-state index in [2.05, 4.69) is 4.98 Å². The van der Waals surface area contributed by atoms with Gasteiger partial charge in [0.2, 0.25) is 0 Å². The molecule has 0 saturated heterocycles. The summed E-state index contributed by atoms with van der Waals surface area (Å²) in [5.41, 5.74) is 0.256. The van der Waals surface area contributed by atoms with Crippen LogP contribution in [-0.2, 0) is 4.79 Å². The molecule has 6 heteroatoms. The molecule has 23 heavy (non-hydrogen) atoms. The number of aromatic nitrogens is 1. The van der Waals surface area contributed by atoms with E-state index >= 15 is 0 Å². The average Bonchev–Trinajstić information content (AvgIpc) is 2.54. The van der Waals surface area contributed by atoms with Gasteiger partial charge in [0.15, 0.2) is 6.61 Å². The number of hydrogen-bond acceptors (Lipinski definition) is 4. The largest absolute Gasteiger partial charge is 0.482 e. The lowest BCUT2D eigenvalue weighted by molar-refractivity contribution is -0.136. The first-order valence-corrected chi connectivity index (χ1v) is 7.21. The van der Waals surface area contributed by atoms with Crippen molar-refractivity contribution in [1.29, 1.82) is 0 Å². The summed E-state index contributed by atoms with van der Waals surface area (Å²) in [4.78, 5) is 26.2. The zero-order valence-corrected chi connectivity index (χ0v) is 12.7. The summed E-state index contributed by atoms with van der Waals surface area (Å²) in [5.74, 6) is 0.104. The molecule has 0 aliphatic carbocycles. The number of H-pyrrole nitrogens is 1. The van der Waals surface area contributed by atoms with E-state index in [-0.39, 0.29) is 17.9 Å². The number of halogens is 1. The fourth-order valence-electron chi connectivity index (χ4n) is 2.08. The van der Waals surface area contributed by atoms with Crippen LogP contribution in [0.25, 0.3) is 10.9 Å². The third-order valence-electron chi connectivity index (χ3n) is 3.11. The summed E-state index contributed by atoms with van der Waals surface area (Å²) in [6.07, 6.45) is 0. The van der Waals surface area contributed by atoms with Gasteiger partial charge in [-0.15, -0.1) is 0 Å². The number of aromatic amines is 1. The fraction of sp³-hybridized carbons (Fsp3) is 0.0588. The quantitative estimate of drug-likeness (QED) is 0.746. The Kier molecular flexibility index (Phi) is 4.30. The maximum Gasteiger partial charge on any atom is 0.349 e. The number of para-hydroxylation sites is 1. The Bertz CT molecular complexity index is 902. The molecule has 0 atom stereocenters. The number of pyridine rings is 1. The minimum absolute atomic E-state index is 0.203. The minimum atomic E-state index is -0.601. The van der Waals surface area contributed by atoms with Crippen LogP contribution in [0.15, 0.2) is 59.4 Å². The second kappa shape index (κ2) is 6.54. The van der Waals surface area contributed by atoms with E-state index in [1.165, 1.54) is 6.07 Å². The molecule has 1 heterocycles. The number of nitrogens with one attached hydrogen (secondary N) is 1. The molecule has 0 bridgehead atoms. The van der Waals surface area contributed by atoms with Gasteiger partial charge in [-0.3, -0.25) is 4.79 Å². The highest BCUT2D eigenvalue weighted by Gasteiger charge is 2.10. The maximum absolute atomic E-state index is 11.9. The van der Waals surface area contributed by atoms with E-state index in [9.17, 15) is 9.59 Å². The Morgan fingerprint density at radius 1 is 1.09 bits per heavy atom. The van der Waals surface area contributed by atoms with Crippen molar-refractivity contribution in [2.45, 2.75) is 0 Å². The highest BCUT2D eigenvalue weighted by molar-refractivity contribution is 6.30. The van der Waals surface area contributed by atoms with Crippen LogP contribution in [0.3, 0.4) is 0 Å². The van der Waals surface area contributed by atoms with Crippen molar-refractivity contribution in [1.82, 2.24) is 4.98 Å². The average molecular weight is 330 g/mol. The van der Waals surface area contributed by atoms with Gasteiger partial charge in [-0.1, -0.05) is 23.7 Å². The summed E-state index contributed by atoms with van der Waals surface area (Å²) in [6.45, 7) is -0.275. The van der Waals surface area contributed by atoms with E-state index < -0.39 is 5.97 Å². The van der Waals surface area contributed by atoms with Gasteiger partial charge in [0.1, 0.15) is 11.5 Å². The molecule has 0 aliphatic rings. The van der Waals surface area contributed by atoms with Crippen LogP contribution in [-0.4, -0.2) is 17.6 Å². The molecule has 0 spiro atoms. The van der Waals surface area contributed by atoms with Crippen molar-refractivity contribution in [3.05, 3.63) is 70.0 Å². The normalized spacial score (nSPS) is 10.5. The third-order valence-corrected chi connectivity index (χ3v) is 3.36. The first-order valence-electron chi connectivity index (χ1n) is 6.83. The summed E-state index contributed by atoms with van der Waals surface area (Å²) in [7, 11) is 0. The van der Waals surface area contributed by atoms with Crippen molar-refractivity contribution < 1.29 is 14.3 Å². The number of carbonyl (C=O) groups excluding carboxylic acids is 1. The fourth-order valence-corrected chi connectivity index (χ4v) is 2.21. The van der Waals surface area contributed by atoms with Crippen LogP contribution < -0.4 is 15.0 Å². The molecule has 0 unspecified atom stereocenters. The van der Waals surface area contributed by atoms with Crippen LogP contribution in [0.5, 0.6) is 11.5 Å². The van der Waals surface area contributed by atoms with Crippen LogP contribution in [0, 0.1) is 0 Å². The van der Waals surface area contributed by atoms with Crippen LogP contribution in [0.4, 0.5) is 0 Å². The monoisotopic (exact) mass is 329 g/mol. The van der Waals surface area contributed by atoms with Crippen molar-refractivity contribution in [3.63, 3.8) is 0 Å². The number of carbonyl (C=O) groups is 1. The third kappa shape index (κ3) is 3.70. The predicted octanol–water partition coefficient (Wildman–Crippen LogP) is 3.17. The van der Waals surface area contributed by atoms with Gasteiger partial charge < -0.3 is 14.5 Å². The molecule has 1 aromatic heterocycles. The molecule has 3 rings (SSSR count). The van der Waals surface area contributed by atoms with Crippen LogP contribution >= 0.6 is 11.6 Å². The summed E-state index contributed by atoms with van der Waals surface area (Å²) in [6, 6.07) is 14.9. The Hall–Kier alpha value is -2.79. The lowest BCUT2D eigenvalue weighted by Crippen LogP contribution is -2.19. The summed E-state index contributed by atoms with van der Waals surface area (Å²) in [5, 5.41) is 1.22. The number of ether oxygens (including phenoxy) is 2. The predicted molar refractivity (Wildman–Crippen MR) is 87.2 cm³/mol. The smallest absolute Gasteiger partial charge is 0.349 e. The molecule has 0 saturated carbocycles. The summed E-state index contributed by atoms with van der Waals surface area (Å²) >= 11 is 5.77. The van der Waals surface area contributed by atoms with E-state index in [1.54, 1.807) is 48.5 Å². The zero-order chi connectivity index (χ0) is 16.2. The lowest BCUT2D eigenvalue weighted by atomic mass is 10.2. The SMILES string of the molecule is O=C(COc1ccc(Cl)cc1)Oc1cc(=O)[nH]c2ccccc12. The molecule has 1 N–H and O–H groups in total. The molecule has 0 radical (unpaired) electrons. The minimum Gasteiger partial charge on any atom is -0.482 e. The molecule has 0 amide bonds. The van der Waals surface area contributed by atoms with Gasteiger partial charge in [0, 0.05) is 16.5 Å². The van der Waals surface area contributed by atoms with Crippen molar-refractivity contribution in [2.24, 2.45) is 0 Å². The number of hydrogen-bond donors (Lipinski definition) is 1. The van der Waals surface area contributed by atoms with Gasteiger partial charge >= 0.3 is 5.97 Å². The van der Waals surface area contributed by atoms with Crippen LogP contribution in [0.1, 0.15) is 0 Å². The highest BCUT2D eigenvalue weighted by Crippen LogP contribution is 2.22. The molecule has 0 fully saturated rings. The molecule has 116 valence electrons. The van der Waals surface area contributed by atoms with E-state index in [0.29, 0.717) is 21.7 Å². The molecule has 0 aliphatic heterocycles. The van der Waals surface area contributed by atoms with Crippen molar-refractivity contribution >= 4 is 28.5 Å². The lowest BCUT2D eigenvalue weighted by Gasteiger charge is -2.08. The van der Waals surface area contributed by atoms with Gasteiger partial charge in [0.05, 0.1) is 5.52 Å². The molecular formula is C17H12ClNO4. The highest BCUT2D eigenvalue weighted by atomic mass is 35.5. The van der Waals surface area contributed by atoms with Crippen molar-refractivity contribution in [2.75, 3.05) is 6.61 Å². The Morgan fingerprint density at radius 3 is 2.61 bits per heavy atom. The van der Waals surface area contributed by atoms with E-state index in [1.807, 2.05) is 0 Å². The van der Waals surface area contributed by atoms with E-state index in [4.69, 9.17) is 21.1 Å². The standard InChI is InChI=1S/C17H12ClNO4/c18-11-5-7-12(8-6-11)22-10-17(21)23-15-9-16(20)19-14-4-2-1-3-13(14)15/h1-9H,10H2,(H,19,20). The van der Waals surface area contributed by atoms with Gasteiger partial charge in [0.25, 0.3) is 5.56 Å². The first-order chi connectivity index (χ1) is 11.1. The molecular weight excluding hydrogens is 318 g/mol. The number of rotatable bonds is 4. The Morgan fingerprint density at radius 2 is 1.83 bits per heavy atom. The van der Waals surface area contributed by atoms with Gasteiger partial charge in [-0.2, -0.15) is 0 Å². The second-order valence-corrected chi connectivity index (χ2v) is 5.20. The van der Waals surface area contributed by atoms with Crippen LogP contribution in [0.2, 0.25) is 5.02 Å². The van der Waals surface area contributed by atoms with Gasteiger partial charge in [-0.25, -0.2) is 4.79 Å². The molecule has 3 aromatic rings. The summed E-state index contributed by atoms with van der Waals surface area (Å²) < 4.78 is 10.6.